The largest absolute Gasteiger partial charge is 0.377 e. The molecule has 0 spiro atoms. The van der Waals surface area contributed by atoms with E-state index in [2.05, 4.69) is 10.3 Å². The molecular formula is C12H13N3O2S. The van der Waals surface area contributed by atoms with Gasteiger partial charge in [-0.15, -0.1) is 11.8 Å². The van der Waals surface area contributed by atoms with Crippen LogP contribution in [0.4, 0.5) is 0 Å². The van der Waals surface area contributed by atoms with E-state index in [1.807, 2.05) is 29.1 Å². The Kier molecular flexibility index (Phi) is 2.97. The van der Waals surface area contributed by atoms with Gasteiger partial charge in [0.15, 0.2) is 0 Å². The fraction of sp³-hybridized carbons (Fsp3) is 0.333. The molecule has 1 fully saturated rings. The number of thioether (sulfide) groups is 1. The van der Waals surface area contributed by atoms with Crippen LogP contribution in [0.3, 0.4) is 0 Å². The van der Waals surface area contributed by atoms with E-state index < -0.39 is 0 Å². The zero-order valence-electron chi connectivity index (χ0n) is 9.92. The smallest absolute Gasteiger partial charge is 0.255 e. The number of ether oxygens (including phenoxy) is 1. The number of amides is 1. The van der Waals surface area contributed by atoms with Gasteiger partial charge in [-0.1, -0.05) is 0 Å². The first-order chi connectivity index (χ1) is 8.78. The Bertz CT molecular complexity index is 592. The summed E-state index contributed by atoms with van der Waals surface area (Å²) in [5.74, 6) is -0.0876. The molecule has 1 amide bonds. The predicted octanol–water partition coefficient (Wildman–Crippen LogP) is 1.18. The molecule has 1 aliphatic heterocycles. The first kappa shape index (κ1) is 11.6. The molecular weight excluding hydrogens is 250 g/mol. The molecule has 5 nitrogen and oxygen atoms in total. The number of nitrogens with one attached hydrogen (secondary N) is 1. The molecule has 18 heavy (non-hydrogen) atoms. The van der Waals surface area contributed by atoms with Gasteiger partial charge in [0.2, 0.25) is 0 Å². The van der Waals surface area contributed by atoms with Gasteiger partial charge >= 0.3 is 0 Å². The van der Waals surface area contributed by atoms with Crippen molar-refractivity contribution < 1.29 is 9.53 Å². The fourth-order valence-electron chi connectivity index (χ4n) is 1.87. The molecule has 1 N–H and O–H groups in total. The number of hydrogen-bond acceptors (Lipinski definition) is 4. The van der Waals surface area contributed by atoms with E-state index in [9.17, 15) is 4.79 Å². The number of hydrogen-bond donors (Lipinski definition) is 1. The SMILES string of the molecule is CSc1cc(C(=O)NC2COC2)c2nccn2c1. The molecule has 1 saturated heterocycles. The second kappa shape index (κ2) is 4.62. The van der Waals surface area contributed by atoms with E-state index in [4.69, 9.17) is 4.74 Å². The molecule has 0 bridgehead atoms. The highest BCUT2D eigenvalue weighted by molar-refractivity contribution is 7.98. The maximum atomic E-state index is 12.2. The van der Waals surface area contributed by atoms with Crippen molar-refractivity contribution >= 4 is 23.3 Å². The predicted molar refractivity (Wildman–Crippen MR) is 69.0 cm³/mol. The van der Waals surface area contributed by atoms with Crippen LogP contribution in [0, 0.1) is 0 Å². The van der Waals surface area contributed by atoms with Gasteiger partial charge in [0, 0.05) is 23.5 Å². The fourth-order valence-corrected chi connectivity index (χ4v) is 2.32. The summed E-state index contributed by atoms with van der Waals surface area (Å²) < 4.78 is 6.92. The standard InChI is InChI=1S/C12H13N3O2S/c1-18-9-4-10(11-13-2-3-15(11)5-9)12(16)14-8-6-17-7-8/h2-5,8H,6-7H2,1H3,(H,14,16). The lowest BCUT2D eigenvalue weighted by molar-refractivity contribution is -0.00344. The summed E-state index contributed by atoms with van der Waals surface area (Å²) >= 11 is 1.60. The molecule has 3 rings (SSSR count). The Morgan fingerprint density at radius 3 is 3.11 bits per heavy atom. The lowest BCUT2D eigenvalue weighted by atomic mass is 10.2. The number of carbonyl (C=O) groups is 1. The van der Waals surface area contributed by atoms with Crippen molar-refractivity contribution in [3.8, 4) is 0 Å². The molecule has 94 valence electrons. The number of fused-ring (bicyclic) bond motifs is 1. The van der Waals surface area contributed by atoms with Gasteiger partial charge in [-0.25, -0.2) is 4.98 Å². The lowest BCUT2D eigenvalue weighted by Crippen LogP contribution is -2.48. The van der Waals surface area contributed by atoms with Crippen LogP contribution in [0.1, 0.15) is 10.4 Å². The topological polar surface area (TPSA) is 55.6 Å². The Balaban J connectivity index is 1.97. The van der Waals surface area contributed by atoms with Crippen LogP contribution in [0.25, 0.3) is 5.65 Å². The van der Waals surface area contributed by atoms with Crippen molar-refractivity contribution in [1.29, 1.82) is 0 Å². The van der Waals surface area contributed by atoms with Crippen molar-refractivity contribution in [2.24, 2.45) is 0 Å². The zero-order chi connectivity index (χ0) is 12.5. The van der Waals surface area contributed by atoms with Crippen molar-refractivity contribution in [3.63, 3.8) is 0 Å². The molecule has 0 aliphatic carbocycles. The highest BCUT2D eigenvalue weighted by Gasteiger charge is 2.22. The third-order valence-electron chi connectivity index (χ3n) is 2.92. The average molecular weight is 263 g/mol. The van der Waals surface area contributed by atoms with Gasteiger partial charge in [-0.2, -0.15) is 0 Å². The van der Waals surface area contributed by atoms with E-state index in [-0.39, 0.29) is 11.9 Å². The van der Waals surface area contributed by atoms with Crippen LogP contribution in [0.2, 0.25) is 0 Å². The highest BCUT2D eigenvalue weighted by atomic mass is 32.2. The van der Waals surface area contributed by atoms with Crippen molar-refractivity contribution in [3.05, 3.63) is 30.2 Å². The summed E-state index contributed by atoms with van der Waals surface area (Å²) in [7, 11) is 0. The number of rotatable bonds is 3. The van der Waals surface area contributed by atoms with Gasteiger partial charge in [-0.05, 0) is 12.3 Å². The normalized spacial score (nSPS) is 15.6. The van der Waals surface area contributed by atoms with E-state index in [1.165, 1.54) is 0 Å². The zero-order valence-corrected chi connectivity index (χ0v) is 10.7. The Labute approximate surface area is 109 Å². The number of pyridine rings is 1. The highest BCUT2D eigenvalue weighted by Crippen LogP contribution is 2.20. The maximum absolute atomic E-state index is 12.2. The van der Waals surface area contributed by atoms with Gasteiger partial charge in [-0.3, -0.25) is 4.79 Å². The third-order valence-corrected chi connectivity index (χ3v) is 3.61. The van der Waals surface area contributed by atoms with Crippen LogP contribution < -0.4 is 5.32 Å². The lowest BCUT2D eigenvalue weighted by Gasteiger charge is -2.26. The van der Waals surface area contributed by atoms with E-state index in [0.717, 1.165) is 4.90 Å². The van der Waals surface area contributed by atoms with E-state index >= 15 is 0 Å². The van der Waals surface area contributed by atoms with Crippen LogP contribution in [0.5, 0.6) is 0 Å². The van der Waals surface area contributed by atoms with Crippen LogP contribution in [-0.4, -0.2) is 40.8 Å². The quantitative estimate of drug-likeness (QED) is 0.845. The van der Waals surface area contributed by atoms with Gasteiger partial charge < -0.3 is 14.5 Å². The first-order valence-corrected chi connectivity index (χ1v) is 6.89. The van der Waals surface area contributed by atoms with Crippen LogP contribution >= 0.6 is 11.8 Å². The second-order valence-corrected chi connectivity index (χ2v) is 5.04. The number of carbonyl (C=O) groups excluding carboxylic acids is 1. The molecule has 0 aromatic carbocycles. The van der Waals surface area contributed by atoms with Crippen molar-refractivity contribution in [2.75, 3.05) is 19.5 Å². The number of imidazole rings is 1. The van der Waals surface area contributed by atoms with Crippen molar-refractivity contribution in [2.45, 2.75) is 10.9 Å². The monoisotopic (exact) mass is 263 g/mol. The Hall–Kier alpha value is -1.53. The van der Waals surface area contributed by atoms with Gasteiger partial charge in [0.1, 0.15) is 5.65 Å². The van der Waals surface area contributed by atoms with Gasteiger partial charge in [0.25, 0.3) is 5.91 Å². The summed E-state index contributed by atoms with van der Waals surface area (Å²) in [5, 5.41) is 2.94. The van der Waals surface area contributed by atoms with Gasteiger partial charge in [0.05, 0.1) is 24.8 Å². The molecule has 0 atom stereocenters. The molecule has 2 aromatic heterocycles. The van der Waals surface area contributed by atoms with E-state index in [1.54, 1.807) is 18.0 Å². The molecule has 2 aromatic rings. The summed E-state index contributed by atoms with van der Waals surface area (Å²) in [6.07, 6.45) is 7.50. The first-order valence-electron chi connectivity index (χ1n) is 5.67. The van der Waals surface area contributed by atoms with Crippen LogP contribution in [0.15, 0.2) is 29.6 Å². The second-order valence-electron chi connectivity index (χ2n) is 4.16. The Morgan fingerprint density at radius 2 is 2.44 bits per heavy atom. The summed E-state index contributed by atoms with van der Waals surface area (Å²) in [4.78, 5) is 17.5. The maximum Gasteiger partial charge on any atom is 0.255 e. The van der Waals surface area contributed by atoms with Crippen LogP contribution in [-0.2, 0) is 4.74 Å². The minimum atomic E-state index is -0.0876. The number of nitrogens with zero attached hydrogens (tertiary/aromatic N) is 2. The molecule has 6 heteroatoms. The minimum absolute atomic E-state index is 0.0876. The summed E-state index contributed by atoms with van der Waals surface area (Å²) in [6, 6.07) is 2.01. The average Bonchev–Trinajstić information content (AvgIpc) is 2.80. The summed E-state index contributed by atoms with van der Waals surface area (Å²) in [5.41, 5.74) is 1.30. The molecule has 3 heterocycles. The molecule has 0 radical (unpaired) electrons. The molecule has 0 saturated carbocycles. The molecule has 1 aliphatic rings. The summed E-state index contributed by atoms with van der Waals surface area (Å²) in [6.45, 7) is 1.19. The molecule has 0 unspecified atom stereocenters. The van der Waals surface area contributed by atoms with E-state index in [0.29, 0.717) is 24.4 Å². The Morgan fingerprint density at radius 1 is 1.61 bits per heavy atom. The number of aromatic nitrogens is 2. The third kappa shape index (κ3) is 1.97. The van der Waals surface area contributed by atoms with Crippen molar-refractivity contribution in [1.82, 2.24) is 14.7 Å². The minimum Gasteiger partial charge on any atom is -0.377 e.